The second-order valence-electron chi connectivity index (χ2n) is 3.96. The third-order valence-corrected chi connectivity index (χ3v) is 2.96. The summed E-state index contributed by atoms with van der Waals surface area (Å²) in [4.78, 5) is 0. The van der Waals surface area contributed by atoms with Gasteiger partial charge in [0.2, 0.25) is 0 Å². The van der Waals surface area contributed by atoms with Crippen molar-refractivity contribution in [3.05, 3.63) is 72.2 Å². The van der Waals surface area contributed by atoms with E-state index in [-0.39, 0.29) is 0 Å². The lowest BCUT2D eigenvalue weighted by atomic mass is 9.85. The number of rotatable bonds is 0. The van der Waals surface area contributed by atoms with Crippen molar-refractivity contribution in [2.45, 2.75) is 0 Å². The first-order chi connectivity index (χ1) is 7.43. The van der Waals surface area contributed by atoms with Gasteiger partial charge in [0.15, 0.2) is 0 Å². The molecule has 2 unspecified atom stereocenters. The van der Waals surface area contributed by atoms with Crippen LogP contribution in [0.15, 0.2) is 54.6 Å². The maximum Gasteiger partial charge on any atom is 0.0254 e. The van der Waals surface area contributed by atoms with Crippen molar-refractivity contribution in [1.29, 1.82) is 0 Å². The molecule has 0 saturated heterocycles. The third-order valence-electron chi connectivity index (χ3n) is 2.96. The van der Waals surface area contributed by atoms with Crippen molar-refractivity contribution in [2.24, 2.45) is 11.8 Å². The summed E-state index contributed by atoms with van der Waals surface area (Å²) in [6.07, 6.45) is 16.7. The Balaban J connectivity index is 2.04. The van der Waals surface area contributed by atoms with Crippen molar-refractivity contribution in [3.8, 4) is 0 Å². The predicted octanol–water partition coefficient (Wildman–Crippen LogP) is 3.50. The van der Waals surface area contributed by atoms with E-state index in [1.54, 1.807) is 0 Å². The summed E-state index contributed by atoms with van der Waals surface area (Å²) in [6.45, 7) is 0. The fourth-order valence-electron chi connectivity index (χ4n) is 2.12. The zero-order valence-corrected chi connectivity index (χ0v) is 8.43. The minimum absolute atomic E-state index is 0.398. The Bertz CT molecular complexity index is 449. The largest absolute Gasteiger partial charge is 0.0796 e. The van der Waals surface area contributed by atoms with Crippen LogP contribution < -0.4 is 0 Å². The van der Waals surface area contributed by atoms with Gasteiger partial charge >= 0.3 is 0 Å². The molecule has 0 heterocycles. The zero-order valence-electron chi connectivity index (χ0n) is 8.43. The summed E-state index contributed by atoms with van der Waals surface area (Å²) in [5.74, 6) is 0.872. The number of hydrogen-bond donors (Lipinski definition) is 0. The molecule has 0 nitrogen and oxygen atoms in total. The highest BCUT2D eigenvalue weighted by atomic mass is 14.2. The van der Waals surface area contributed by atoms with E-state index in [0.717, 1.165) is 0 Å². The summed E-state index contributed by atoms with van der Waals surface area (Å²) < 4.78 is 0. The van der Waals surface area contributed by atoms with Crippen molar-refractivity contribution >= 4 is 6.08 Å². The molecule has 0 spiro atoms. The summed E-state index contributed by atoms with van der Waals surface area (Å²) >= 11 is 0. The minimum Gasteiger partial charge on any atom is -0.0796 e. The molecule has 0 aliphatic heterocycles. The fourth-order valence-corrected chi connectivity index (χ4v) is 2.12. The molecule has 0 N–H and O–H groups in total. The molecule has 0 bridgehead atoms. The van der Waals surface area contributed by atoms with Gasteiger partial charge in [-0.2, -0.15) is 0 Å². The van der Waals surface area contributed by atoms with Gasteiger partial charge in [-0.25, -0.2) is 0 Å². The summed E-state index contributed by atoms with van der Waals surface area (Å²) in [6, 6.07) is 8.42. The topological polar surface area (TPSA) is 0 Å². The van der Waals surface area contributed by atoms with Gasteiger partial charge in [0.25, 0.3) is 0 Å². The molecule has 0 heteroatoms. The number of allylic oxidation sites excluding steroid dienone is 5. The first-order valence-electron chi connectivity index (χ1n) is 5.32. The highest BCUT2D eigenvalue weighted by Crippen LogP contribution is 2.31. The second kappa shape index (κ2) is 3.54. The Morgan fingerprint density at radius 2 is 1.80 bits per heavy atom. The van der Waals surface area contributed by atoms with E-state index in [1.165, 1.54) is 11.1 Å². The summed E-state index contributed by atoms with van der Waals surface area (Å²) in [5, 5.41) is 0. The molecule has 1 aromatic carbocycles. The van der Waals surface area contributed by atoms with E-state index in [9.17, 15) is 0 Å². The standard InChI is InChI=1S/C15H12/c1-3-7-14-11-15-8-4-2-6-13(15)10-9-12(14)5-1/h1-10,12,14H. The van der Waals surface area contributed by atoms with Crippen LogP contribution in [0.5, 0.6) is 0 Å². The van der Waals surface area contributed by atoms with Crippen LogP contribution in [0.2, 0.25) is 0 Å². The first kappa shape index (κ1) is 8.72. The molecule has 72 valence electrons. The molecule has 0 fully saturated rings. The molecule has 2 aliphatic rings. The average molecular weight is 192 g/mol. The fraction of sp³-hybridized carbons (Fsp3) is 0.133. The van der Waals surface area contributed by atoms with Crippen molar-refractivity contribution < 1.29 is 0 Å². The summed E-state index contributed by atoms with van der Waals surface area (Å²) in [7, 11) is 0. The van der Waals surface area contributed by atoms with E-state index in [1.807, 2.05) is 0 Å². The summed E-state index contributed by atoms with van der Waals surface area (Å²) in [5.41, 5.74) is 2.50. The van der Waals surface area contributed by atoms with Crippen LogP contribution in [0.4, 0.5) is 0 Å². The SMILES string of the molecule is [C]1c2ccccc2C=CC2C=CC=CC12. The van der Waals surface area contributed by atoms with Crippen LogP contribution >= 0.6 is 0 Å². The van der Waals surface area contributed by atoms with Crippen LogP contribution in [0.25, 0.3) is 6.08 Å². The highest BCUT2D eigenvalue weighted by molar-refractivity contribution is 5.59. The van der Waals surface area contributed by atoms with Crippen molar-refractivity contribution in [3.63, 3.8) is 0 Å². The van der Waals surface area contributed by atoms with E-state index in [4.69, 9.17) is 0 Å². The van der Waals surface area contributed by atoms with Crippen LogP contribution in [0.3, 0.4) is 0 Å². The molecule has 1 aromatic rings. The van der Waals surface area contributed by atoms with Gasteiger partial charge in [-0.1, -0.05) is 60.7 Å². The number of benzene rings is 1. The molecule has 0 aromatic heterocycles. The van der Waals surface area contributed by atoms with E-state index in [2.05, 4.69) is 67.1 Å². The van der Waals surface area contributed by atoms with Crippen LogP contribution in [-0.4, -0.2) is 0 Å². The Labute approximate surface area is 90.6 Å². The van der Waals surface area contributed by atoms with Gasteiger partial charge in [-0.15, -0.1) is 0 Å². The van der Waals surface area contributed by atoms with Gasteiger partial charge in [0.05, 0.1) is 0 Å². The first-order valence-corrected chi connectivity index (χ1v) is 5.32. The Kier molecular flexibility index (Phi) is 2.06. The van der Waals surface area contributed by atoms with E-state index in [0.29, 0.717) is 11.8 Å². The number of fused-ring (bicyclic) bond motifs is 2. The molecule has 0 saturated carbocycles. The lowest BCUT2D eigenvalue weighted by molar-refractivity contribution is 0.640. The van der Waals surface area contributed by atoms with E-state index >= 15 is 0 Å². The zero-order chi connectivity index (χ0) is 10.1. The van der Waals surface area contributed by atoms with Gasteiger partial charge < -0.3 is 0 Å². The van der Waals surface area contributed by atoms with Gasteiger partial charge in [-0.05, 0) is 17.0 Å². The van der Waals surface area contributed by atoms with Crippen LogP contribution in [-0.2, 0) is 0 Å². The van der Waals surface area contributed by atoms with Crippen LogP contribution in [0, 0.1) is 18.3 Å². The highest BCUT2D eigenvalue weighted by Gasteiger charge is 2.20. The Morgan fingerprint density at radius 1 is 0.933 bits per heavy atom. The average Bonchev–Trinajstić information content (AvgIpc) is 2.48. The second-order valence-corrected chi connectivity index (χ2v) is 3.96. The monoisotopic (exact) mass is 192 g/mol. The Hall–Kier alpha value is -1.56. The smallest absolute Gasteiger partial charge is 0.0254 e. The normalized spacial score (nSPS) is 26.9. The molecule has 2 radical (unpaired) electrons. The molecular weight excluding hydrogens is 180 g/mol. The maximum atomic E-state index is 3.56. The molecule has 15 heavy (non-hydrogen) atoms. The molecule has 2 aliphatic carbocycles. The van der Waals surface area contributed by atoms with Gasteiger partial charge in [0, 0.05) is 12.3 Å². The molecule has 3 rings (SSSR count). The third kappa shape index (κ3) is 1.56. The van der Waals surface area contributed by atoms with Gasteiger partial charge in [-0.3, -0.25) is 0 Å². The lowest BCUT2D eigenvalue weighted by Crippen LogP contribution is -2.10. The van der Waals surface area contributed by atoms with E-state index < -0.39 is 0 Å². The van der Waals surface area contributed by atoms with Crippen molar-refractivity contribution in [2.75, 3.05) is 0 Å². The van der Waals surface area contributed by atoms with Crippen molar-refractivity contribution in [1.82, 2.24) is 0 Å². The molecule has 2 atom stereocenters. The predicted molar refractivity (Wildman–Crippen MR) is 63.1 cm³/mol. The molecule has 0 amide bonds. The number of hydrogen-bond acceptors (Lipinski definition) is 0. The minimum atomic E-state index is 0.398. The Morgan fingerprint density at radius 3 is 2.80 bits per heavy atom. The quantitative estimate of drug-likeness (QED) is 0.590. The molecular formula is C15H12. The van der Waals surface area contributed by atoms with Gasteiger partial charge in [0.1, 0.15) is 0 Å². The maximum absolute atomic E-state index is 3.56. The van der Waals surface area contributed by atoms with Crippen LogP contribution in [0.1, 0.15) is 11.1 Å². The lowest BCUT2D eigenvalue weighted by Gasteiger charge is -2.18.